The number of benzene rings is 1. The number of carboxylic acid groups (broad SMARTS) is 1. The molecule has 9 heteroatoms. The van der Waals surface area contributed by atoms with E-state index in [1.807, 2.05) is 12.1 Å². The molecule has 0 aliphatic carbocycles. The summed E-state index contributed by atoms with van der Waals surface area (Å²) < 4.78 is 0. The summed E-state index contributed by atoms with van der Waals surface area (Å²) in [5, 5.41) is 10.7. The Kier molecular flexibility index (Phi) is 7.05. The lowest BCUT2D eigenvalue weighted by Gasteiger charge is -2.47. The Morgan fingerprint density at radius 3 is 2.30 bits per heavy atom. The van der Waals surface area contributed by atoms with Gasteiger partial charge in [0.25, 0.3) is 0 Å². The molecule has 1 N–H and O–H groups in total. The number of hydrogen-bond donors (Lipinski definition) is 1. The summed E-state index contributed by atoms with van der Waals surface area (Å²) in [6.45, 7) is 10.2. The SMILES string of the molecule is CCC(C)(C)N1CCN(C(=O)O)[C@@H](C(=O)N2CCN(c3ccc(Cl)c(Cl)c3)CC2)C1. The number of piperazine rings is 2. The van der Waals surface area contributed by atoms with Gasteiger partial charge in [-0.1, -0.05) is 30.1 Å². The maximum absolute atomic E-state index is 13.3. The summed E-state index contributed by atoms with van der Waals surface area (Å²) in [5.41, 5.74) is 0.896. The van der Waals surface area contributed by atoms with Gasteiger partial charge < -0.3 is 14.9 Å². The second-order valence-electron chi connectivity index (χ2n) is 8.51. The molecule has 2 heterocycles. The molecule has 0 unspecified atom stereocenters. The smallest absolute Gasteiger partial charge is 0.408 e. The van der Waals surface area contributed by atoms with Crippen LogP contribution in [-0.2, 0) is 4.79 Å². The number of amides is 2. The summed E-state index contributed by atoms with van der Waals surface area (Å²) in [4.78, 5) is 32.6. The fourth-order valence-corrected chi connectivity index (χ4v) is 4.37. The van der Waals surface area contributed by atoms with Gasteiger partial charge in [0, 0.05) is 57.0 Å². The van der Waals surface area contributed by atoms with Crippen LogP contribution < -0.4 is 4.90 Å². The molecular weight excluding hydrogens is 427 g/mol. The Bertz CT molecular complexity index is 796. The van der Waals surface area contributed by atoms with Crippen molar-refractivity contribution in [1.82, 2.24) is 14.7 Å². The van der Waals surface area contributed by atoms with E-state index < -0.39 is 12.1 Å². The molecule has 166 valence electrons. The Morgan fingerprint density at radius 2 is 1.73 bits per heavy atom. The standard InChI is InChI=1S/C21H30Cl2N4O3/c1-4-21(2,3)26-11-12-27(20(29)30)18(14-26)19(28)25-9-7-24(8-10-25)15-5-6-16(22)17(23)13-15/h5-6,13,18H,4,7-12,14H2,1-3H3,(H,29,30)/t18-/m1/s1. The zero-order chi connectivity index (χ0) is 22.1. The van der Waals surface area contributed by atoms with Crippen molar-refractivity contribution in [2.75, 3.05) is 50.7 Å². The largest absolute Gasteiger partial charge is 0.465 e. The molecule has 1 atom stereocenters. The lowest BCUT2D eigenvalue weighted by atomic mass is 9.96. The second kappa shape index (κ2) is 9.20. The van der Waals surface area contributed by atoms with Gasteiger partial charge in [0.1, 0.15) is 6.04 Å². The highest BCUT2D eigenvalue weighted by Gasteiger charge is 2.41. The van der Waals surface area contributed by atoms with Gasteiger partial charge in [-0.3, -0.25) is 14.6 Å². The molecule has 30 heavy (non-hydrogen) atoms. The maximum Gasteiger partial charge on any atom is 0.408 e. The molecule has 3 rings (SSSR count). The van der Waals surface area contributed by atoms with E-state index in [-0.39, 0.29) is 11.4 Å². The van der Waals surface area contributed by atoms with Gasteiger partial charge in [0.15, 0.2) is 0 Å². The van der Waals surface area contributed by atoms with Crippen molar-refractivity contribution in [1.29, 1.82) is 0 Å². The molecule has 2 saturated heterocycles. The molecule has 2 aliphatic rings. The highest BCUT2D eigenvalue weighted by molar-refractivity contribution is 6.42. The van der Waals surface area contributed by atoms with Crippen molar-refractivity contribution < 1.29 is 14.7 Å². The molecule has 2 fully saturated rings. The van der Waals surface area contributed by atoms with Crippen molar-refractivity contribution in [2.45, 2.75) is 38.8 Å². The average Bonchev–Trinajstić information content (AvgIpc) is 2.74. The number of anilines is 1. The summed E-state index contributed by atoms with van der Waals surface area (Å²) >= 11 is 12.1. The molecule has 7 nitrogen and oxygen atoms in total. The first-order valence-electron chi connectivity index (χ1n) is 10.4. The van der Waals surface area contributed by atoms with Crippen LogP contribution in [0.5, 0.6) is 0 Å². The molecular formula is C21H30Cl2N4O3. The third-order valence-electron chi connectivity index (χ3n) is 6.49. The Hall–Kier alpha value is -1.70. The molecule has 2 amide bonds. The maximum atomic E-state index is 13.3. The number of hydrogen-bond acceptors (Lipinski definition) is 4. The zero-order valence-corrected chi connectivity index (χ0v) is 19.3. The van der Waals surface area contributed by atoms with Gasteiger partial charge in [-0.05, 0) is 38.5 Å². The van der Waals surface area contributed by atoms with Gasteiger partial charge in [0.2, 0.25) is 5.91 Å². The van der Waals surface area contributed by atoms with Crippen LogP contribution in [0.25, 0.3) is 0 Å². The highest BCUT2D eigenvalue weighted by atomic mass is 35.5. The monoisotopic (exact) mass is 456 g/mol. The Labute approximate surface area is 188 Å². The van der Waals surface area contributed by atoms with Gasteiger partial charge in [0.05, 0.1) is 10.0 Å². The normalized spacial score (nSPS) is 21.1. The molecule has 0 spiro atoms. The van der Waals surface area contributed by atoms with Gasteiger partial charge in [-0.2, -0.15) is 0 Å². The third kappa shape index (κ3) is 4.79. The highest BCUT2D eigenvalue weighted by Crippen LogP contribution is 2.28. The minimum atomic E-state index is -1.03. The molecule has 1 aromatic carbocycles. The average molecular weight is 457 g/mol. The van der Waals surface area contributed by atoms with Crippen molar-refractivity contribution >= 4 is 40.9 Å². The van der Waals surface area contributed by atoms with E-state index in [2.05, 4.69) is 30.6 Å². The predicted octanol–water partition coefficient (Wildman–Crippen LogP) is 3.49. The van der Waals surface area contributed by atoms with E-state index in [0.717, 1.165) is 12.1 Å². The molecule has 1 aromatic rings. The first-order chi connectivity index (χ1) is 14.1. The second-order valence-corrected chi connectivity index (χ2v) is 9.33. The van der Waals surface area contributed by atoms with Crippen LogP contribution >= 0.6 is 23.2 Å². The predicted molar refractivity (Wildman–Crippen MR) is 120 cm³/mol. The number of rotatable bonds is 4. The first-order valence-corrected chi connectivity index (χ1v) is 11.1. The third-order valence-corrected chi connectivity index (χ3v) is 7.23. The summed E-state index contributed by atoms with van der Waals surface area (Å²) in [6.07, 6.45) is -0.0970. The minimum Gasteiger partial charge on any atom is -0.465 e. The molecule has 2 aliphatic heterocycles. The van der Waals surface area contributed by atoms with Crippen molar-refractivity contribution in [3.63, 3.8) is 0 Å². The topological polar surface area (TPSA) is 67.3 Å². The summed E-state index contributed by atoms with van der Waals surface area (Å²) in [7, 11) is 0. The number of carbonyl (C=O) groups excluding carboxylic acids is 1. The fourth-order valence-electron chi connectivity index (χ4n) is 4.07. The lowest BCUT2D eigenvalue weighted by molar-refractivity contribution is -0.140. The van der Waals surface area contributed by atoms with E-state index >= 15 is 0 Å². The van der Waals surface area contributed by atoms with Gasteiger partial charge in [-0.25, -0.2) is 4.79 Å². The van der Waals surface area contributed by atoms with Gasteiger partial charge >= 0.3 is 6.09 Å². The number of carbonyl (C=O) groups is 2. The summed E-state index contributed by atoms with van der Waals surface area (Å²) in [5.74, 6) is -0.109. The number of halogens is 2. The van der Waals surface area contributed by atoms with Crippen LogP contribution in [0.4, 0.5) is 10.5 Å². The number of nitrogens with zero attached hydrogens (tertiary/aromatic N) is 4. The Balaban J connectivity index is 1.68. The van der Waals surface area contributed by atoms with Crippen LogP contribution in [-0.4, -0.2) is 89.2 Å². The van der Waals surface area contributed by atoms with Crippen molar-refractivity contribution in [3.05, 3.63) is 28.2 Å². The van der Waals surface area contributed by atoms with Gasteiger partial charge in [-0.15, -0.1) is 0 Å². The van der Waals surface area contributed by atoms with Crippen molar-refractivity contribution in [2.24, 2.45) is 0 Å². The van der Waals surface area contributed by atoms with E-state index in [9.17, 15) is 14.7 Å². The molecule has 0 saturated carbocycles. The van der Waals surface area contributed by atoms with Crippen LogP contribution in [0.1, 0.15) is 27.2 Å². The molecule has 0 radical (unpaired) electrons. The van der Waals surface area contributed by atoms with Crippen LogP contribution in [0.2, 0.25) is 10.0 Å². The van der Waals surface area contributed by atoms with Crippen LogP contribution in [0, 0.1) is 0 Å². The molecule has 0 bridgehead atoms. The zero-order valence-electron chi connectivity index (χ0n) is 17.8. The van der Waals surface area contributed by atoms with E-state index in [0.29, 0.717) is 55.9 Å². The van der Waals surface area contributed by atoms with Crippen molar-refractivity contribution in [3.8, 4) is 0 Å². The first kappa shape index (κ1) is 23.0. The summed E-state index contributed by atoms with van der Waals surface area (Å²) in [6, 6.07) is 4.86. The van der Waals surface area contributed by atoms with E-state index in [1.165, 1.54) is 4.90 Å². The van der Waals surface area contributed by atoms with E-state index in [4.69, 9.17) is 23.2 Å². The Morgan fingerprint density at radius 1 is 1.07 bits per heavy atom. The van der Waals surface area contributed by atoms with Crippen LogP contribution in [0.15, 0.2) is 18.2 Å². The van der Waals surface area contributed by atoms with Crippen LogP contribution in [0.3, 0.4) is 0 Å². The van der Waals surface area contributed by atoms with E-state index in [1.54, 1.807) is 11.0 Å². The quantitative estimate of drug-likeness (QED) is 0.750. The minimum absolute atomic E-state index is 0.0737. The fraction of sp³-hybridized carbons (Fsp3) is 0.619. The molecule has 0 aromatic heterocycles. The lowest BCUT2D eigenvalue weighted by Crippen LogP contribution is -2.65.